The quantitative estimate of drug-likeness (QED) is 0.318. The highest BCUT2D eigenvalue weighted by Crippen LogP contribution is 2.24. The van der Waals surface area contributed by atoms with Crippen LogP contribution in [0.3, 0.4) is 0 Å². The summed E-state index contributed by atoms with van der Waals surface area (Å²) in [6.07, 6.45) is 1.01. The van der Waals surface area contributed by atoms with Gasteiger partial charge in [0, 0.05) is 12.6 Å². The van der Waals surface area contributed by atoms with Gasteiger partial charge >= 0.3 is 12.1 Å². The van der Waals surface area contributed by atoms with Gasteiger partial charge in [0.2, 0.25) is 11.8 Å². The molecule has 1 aliphatic heterocycles. The Balaban J connectivity index is 1.73. The van der Waals surface area contributed by atoms with Crippen molar-refractivity contribution in [3.05, 3.63) is 71.8 Å². The number of amides is 3. The van der Waals surface area contributed by atoms with Gasteiger partial charge in [-0.05, 0) is 69.9 Å². The van der Waals surface area contributed by atoms with Crippen LogP contribution < -0.4 is 10.6 Å². The van der Waals surface area contributed by atoms with E-state index in [0.717, 1.165) is 11.1 Å². The Hall–Kier alpha value is -3.88. The van der Waals surface area contributed by atoms with Gasteiger partial charge in [-0.25, -0.2) is 4.79 Å². The molecule has 9 heteroatoms. The predicted molar refractivity (Wildman–Crippen MR) is 169 cm³/mol. The van der Waals surface area contributed by atoms with E-state index in [9.17, 15) is 19.2 Å². The monoisotopic (exact) mass is 607 g/mol. The molecule has 0 bridgehead atoms. The Kier molecular flexibility index (Phi) is 12.4. The van der Waals surface area contributed by atoms with Gasteiger partial charge in [0.1, 0.15) is 24.3 Å². The van der Waals surface area contributed by atoms with Crippen LogP contribution in [-0.4, -0.2) is 59.0 Å². The molecule has 2 aromatic carbocycles. The number of ether oxygens (including phenoxy) is 2. The molecule has 1 aliphatic rings. The van der Waals surface area contributed by atoms with E-state index in [4.69, 9.17) is 9.47 Å². The van der Waals surface area contributed by atoms with Crippen molar-refractivity contribution in [3.63, 3.8) is 0 Å². The average Bonchev–Trinajstić information content (AvgIpc) is 3.47. The third kappa shape index (κ3) is 10.1. The highest BCUT2D eigenvalue weighted by Gasteiger charge is 2.41. The van der Waals surface area contributed by atoms with E-state index in [0.29, 0.717) is 25.8 Å². The second kappa shape index (κ2) is 15.7. The number of carbonyl (C=O) groups excluding carboxylic acids is 4. The van der Waals surface area contributed by atoms with Gasteiger partial charge in [-0.1, -0.05) is 81.4 Å². The minimum absolute atomic E-state index is 0.0590. The first-order valence-corrected chi connectivity index (χ1v) is 15.6. The summed E-state index contributed by atoms with van der Waals surface area (Å²) in [6, 6.07) is 17.1. The summed E-state index contributed by atoms with van der Waals surface area (Å²) in [5.41, 5.74) is 1.18. The van der Waals surface area contributed by atoms with Crippen LogP contribution in [0.1, 0.15) is 72.4 Å². The van der Waals surface area contributed by atoms with Crippen molar-refractivity contribution in [2.24, 2.45) is 17.8 Å². The van der Waals surface area contributed by atoms with Crippen LogP contribution in [0.2, 0.25) is 0 Å². The van der Waals surface area contributed by atoms with Crippen molar-refractivity contribution >= 4 is 23.9 Å². The third-order valence-electron chi connectivity index (χ3n) is 7.91. The van der Waals surface area contributed by atoms with Crippen LogP contribution in [-0.2, 0) is 36.9 Å². The molecule has 0 aliphatic carbocycles. The van der Waals surface area contributed by atoms with Crippen molar-refractivity contribution in [2.75, 3.05) is 6.54 Å². The molecule has 2 N–H and O–H groups in total. The van der Waals surface area contributed by atoms with Crippen LogP contribution in [0, 0.1) is 17.8 Å². The van der Waals surface area contributed by atoms with Crippen molar-refractivity contribution in [2.45, 2.75) is 98.1 Å². The number of hydrogen-bond acceptors (Lipinski definition) is 6. The predicted octanol–water partition coefficient (Wildman–Crippen LogP) is 5.27. The molecule has 9 nitrogen and oxygen atoms in total. The zero-order valence-corrected chi connectivity index (χ0v) is 27.2. The fourth-order valence-corrected chi connectivity index (χ4v) is 5.60. The molecule has 0 saturated carbocycles. The maximum atomic E-state index is 14.1. The number of rotatable bonds is 12. The van der Waals surface area contributed by atoms with Gasteiger partial charge in [0.15, 0.2) is 0 Å². The van der Waals surface area contributed by atoms with Gasteiger partial charge in [-0.2, -0.15) is 0 Å². The van der Waals surface area contributed by atoms with Crippen molar-refractivity contribution < 1.29 is 28.7 Å². The lowest BCUT2D eigenvalue weighted by molar-refractivity contribution is -0.151. The van der Waals surface area contributed by atoms with Gasteiger partial charge in [-0.15, -0.1) is 0 Å². The van der Waals surface area contributed by atoms with E-state index in [1.165, 1.54) is 0 Å². The lowest BCUT2D eigenvalue weighted by Gasteiger charge is -2.34. The number of esters is 1. The first kappa shape index (κ1) is 34.6. The van der Waals surface area contributed by atoms with Crippen LogP contribution >= 0.6 is 0 Å². The van der Waals surface area contributed by atoms with Gasteiger partial charge in [0.25, 0.3) is 0 Å². The summed E-state index contributed by atoms with van der Waals surface area (Å²) in [5.74, 6) is -1.97. The van der Waals surface area contributed by atoms with E-state index in [1.807, 2.05) is 81.4 Å². The topological polar surface area (TPSA) is 114 Å². The summed E-state index contributed by atoms with van der Waals surface area (Å²) in [4.78, 5) is 55.1. The molecule has 1 fully saturated rings. The Morgan fingerprint density at radius 3 is 2.05 bits per heavy atom. The minimum atomic E-state index is -0.897. The number of nitrogens with one attached hydrogen (secondary N) is 2. The van der Waals surface area contributed by atoms with E-state index >= 15 is 0 Å². The fraction of sp³-hybridized carbons (Fsp3) is 0.543. The number of alkyl carbamates (subject to hydrolysis) is 1. The van der Waals surface area contributed by atoms with Gasteiger partial charge in [0.05, 0.1) is 5.92 Å². The van der Waals surface area contributed by atoms with Crippen LogP contribution in [0.5, 0.6) is 0 Å². The number of nitrogens with zero attached hydrogens (tertiary/aromatic N) is 1. The molecule has 0 aromatic heterocycles. The number of likely N-dealkylation sites (tertiary alicyclic amines) is 1. The molecular formula is C35H49N3O6. The number of carbonyl (C=O) groups is 4. The Morgan fingerprint density at radius 1 is 0.886 bits per heavy atom. The summed E-state index contributed by atoms with van der Waals surface area (Å²) in [7, 11) is 0. The molecular weight excluding hydrogens is 558 g/mol. The maximum Gasteiger partial charge on any atom is 0.408 e. The van der Waals surface area contributed by atoms with E-state index in [2.05, 4.69) is 10.6 Å². The molecule has 1 saturated heterocycles. The Labute approximate surface area is 262 Å². The first-order chi connectivity index (χ1) is 20.8. The number of benzene rings is 2. The largest absolute Gasteiger partial charge is 0.461 e. The molecule has 44 heavy (non-hydrogen) atoms. The highest BCUT2D eigenvalue weighted by molar-refractivity contribution is 5.92. The molecule has 240 valence electrons. The fourth-order valence-electron chi connectivity index (χ4n) is 5.60. The lowest BCUT2D eigenvalue weighted by Crippen LogP contribution is -2.58. The van der Waals surface area contributed by atoms with Gasteiger partial charge < -0.3 is 25.0 Å². The smallest absolute Gasteiger partial charge is 0.408 e. The molecule has 3 rings (SSSR count). The molecule has 5 atom stereocenters. The maximum absolute atomic E-state index is 14.1. The summed E-state index contributed by atoms with van der Waals surface area (Å²) >= 11 is 0. The van der Waals surface area contributed by atoms with E-state index in [1.54, 1.807) is 32.6 Å². The number of hydrogen-bond donors (Lipinski definition) is 2. The zero-order chi connectivity index (χ0) is 32.4. The second-order valence-corrected chi connectivity index (χ2v) is 13.1. The molecule has 0 unspecified atom stereocenters. The van der Waals surface area contributed by atoms with Crippen molar-refractivity contribution in [1.29, 1.82) is 0 Å². The average molecular weight is 608 g/mol. The molecule has 2 aromatic rings. The van der Waals surface area contributed by atoms with E-state index < -0.39 is 41.7 Å². The van der Waals surface area contributed by atoms with Crippen LogP contribution in [0.4, 0.5) is 4.79 Å². The first-order valence-electron chi connectivity index (χ1n) is 15.6. The van der Waals surface area contributed by atoms with Crippen molar-refractivity contribution in [3.8, 4) is 0 Å². The molecule has 0 radical (unpaired) electrons. The molecule has 1 heterocycles. The lowest BCUT2D eigenvalue weighted by atomic mass is 9.91. The summed E-state index contributed by atoms with van der Waals surface area (Å²) in [6.45, 7) is 13.4. The van der Waals surface area contributed by atoms with Crippen molar-refractivity contribution in [1.82, 2.24) is 15.5 Å². The SMILES string of the molecule is CC(C)[C@@H](NC(=O)[C@@H]1CCCN1C(=O)[C@@H](NC(=O)OC(C)(C)C)[C@H](C)Cc1ccccc1)[C@@H](C)C(=O)OCc1ccccc1. The standard InChI is InChI=1S/C35H49N3O6/c1-23(2)29(25(4)33(41)43-22-27-17-12-9-13-18-27)36-31(39)28-19-14-20-38(28)32(40)30(37-34(42)44-35(5,6)7)24(3)21-26-15-10-8-11-16-26/h8-13,15-18,23-25,28-30H,14,19-22H2,1-7H3,(H,36,39)(H,37,42)/t24-,25-,28+,29-,30+/m1/s1. The summed E-state index contributed by atoms with van der Waals surface area (Å²) in [5, 5.41) is 5.86. The Morgan fingerprint density at radius 2 is 1.48 bits per heavy atom. The molecule has 3 amide bonds. The summed E-state index contributed by atoms with van der Waals surface area (Å²) < 4.78 is 11.0. The van der Waals surface area contributed by atoms with Gasteiger partial charge in [-0.3, -0.25) is 14.4 Å². The van der Waals surface area contributed by atoms with E-state index in [-0.39, 0.29) is 30.3 Å². The second-order valence-electron chi connectivity index (χ2n) is 13.1. The highest BCUT2D eigenvalue weighted by atomic mass is 16.6. The molecule has 0 spiro atoms. The van der Waals surface area contributed by atoms with Crippen LogP contribution in [0.15, 0.2) is 60.7 Å². The minimum Gasteiger partial charge on any atom is -0.461 e. The zero-order valence-electron chi connectivity index (χ0n) is 27.2. The normalized spacial score (nSPS) is 17.7. The third-order valence-corrected chi connectivity index (χ3v) is 7.91. The Bertz CT molecular complexity index is 1240. The van der Waals surface area contributed by atoms with Crippen LogP contribution in [0.25, 0.3) is 0 Å².